The van der Waals surface area contributed by atoms with Crippen LogP contribution in [0, 0.1) is 10.1 Å². The van der Waals surface area contributed by atoms with Gasteiger partial charge in [-0.2, -0.15) is 0 Å². The van der Waals surface area contributed by atoms with Crippen LogP contribution < -0.4 is 0 Å². The molecule has 2 aliphatic rings. The number of aromatic nitrogens is 3. The van der Waals surface area contributed by atoms with Crippen LogP contribution in [-0.4, -0.2) is 52.9 Å². The minimum absolute atomic E-state index is 0.0334. The van der Waals surface area contributed by atoms with E-state index in [0.29, 0.717) is 18.5 Å². The van der Waals surface area contributed by atoms with E-state index in [4.69, 9.17) is 4.74 Å². The normalized spacial score (nSPS) is 24.3. The molecule has 3 atom stereocenters. The van der Waals surface area contributed by atoms with Crippen molar-refractivity contribution in [3.05, 3.63) is 64.2 Å². The molecule has 2 fully saturated rings. The molecule has 0 N–H and O–H groups in total. The number of hydrogen-bond donors (Lipinski definition) is 0. The number of β-lactam (4-membered cyclic amide) rings is 1. The number of carbonyl (C=O) groups is 2. The number of rotatable bonds is 6. The highest BCUT2D eigenvalue weighted by atomic mass is 32.2. The van der Waals surface area contributed by atoms with Gasteiger partial charge >= 0.3 is 5.97 Å². The minimum atomic E-state index is -0.764. The summed E-state index contributed by atoms with van der Waals surface area (Å²) in [6.45, 7) is 2.29. The van der Waals surface area contributed by atoms with E-state index in [2.05, 4.69) is 10.3 Å². The average molecular weight is 453 g/mol. The SMILES string of the molecule is C[C@@]1(Cn2nnc3ccccc32)S[C@@H]2CC(=O)N2[C@H]1C(=O)OCc1ccc([N+](=O)[O-])cc1. The highest BCUT2D eigenvalue weighted by Crippen LogP contribution is 2.52. The Kier molecular flexibility index (Phi) is 4.85. The molecule has 0 spiro atoms. The maximum Gasteiger partial charge on any atom is 0.330 e. The van der Waals surface area contributed by atoms with Crippen molar-refractivity contribution in [1.29, 1.82) is 0 Å². The molecule has 0 bridgehead atoms. The maximum absolute atomic E-state index is 13.2. The Morgan fingerprint density at radius 3 is 2.75 bits per heavy atom. The van der Waals surface area contributed by atoms with E-state index in [1.54, 1.807) is 33.5 Å². The fourth-order valence-corrected chi connectivity index (χ4v) is 5.98. The second-order valence-electron chi connectivity index (χ2n) is 8.06. The van der Waals surface area contributed by atoms with Crippen LogP contribution in [0.4, 0.5) is 5.69 Å². The van der Waals surface area contributed by atoms with E-state index in [1.807, 2.05) is 31.2 Å². The zero-order valence-electron chi connectivity index (χ0n) is 17.1. The number of nitrogens with zero attached hydrogens (tertiary/aromatic N) is 5. The van der Waals surface area contributed by atoms with Crippen molar-refractivity contribution in [2.45, 2.75) is 42.7 Å². The number of ether oxygens (including phenoxy) is 1. The molecule has 32 heavy (non-hydrogen) atoms. The Morgan fingerprint density at radius 1 is 1.28 bits per heavy atom. The minimum Gasteiger partial charge on any atom is -0.459 e. The number of carbonyl (C=O) groups excluding carboxylic acids is 2. The van der Waals surface area contributed by atoms with E-state index in [1.165, 1.54) is 12.1 Å². The third-order valence-corrected chi connectivity index (χ3v) is 7.40. The Balaban J connectivity index is 1.36. The number of esters is 1. The standard InChI is InChI=1S/C21H19N5O5S/c1-21(12-24-16-5-3-2-4-15(16)22-23-24)19(25-17(27)10-18(25)32-21)20(28)31-11-13-6-8-14(9-7-13)26(29)30/h2-9,18-19H,10-12H2,1H3/t18-,19+,21+/m1/s1. The number of benzene rings is 2. The smallest absolute Gasteiger partial charge is 0.330 e. The van der Waals surface area contributed by atoms with Gasteiger partial charge in [0, 0.05) is 12.1 Å². The fourth-order valence-electron chi connectivity index (χ4n) is 4.24. The van der Waals surface area contributed by atoms with Gasteiger partial charge in [-0.3, -0.25) is 14.9 Å². The Morgan fingerprint density at radius 2 is 2.03 bits per heavy atom. The van der Waals surface area contributed by atoms with Gasteiger partial charge in [-0.25, -0.2) is 9.48 Å². The summed E-state index contributed by atoms with van der Waals surface area (Å²) in [6, 6.07) is 12.6. The number of nitro groups is 1. The summed E-state index contributed by atoms with van der Waals surface area (Å²) in [5.41, 5.74) is 2.21. The topological polar surface area (TPSA) is 120 Å². The lowest BCUT2D eigenvalue weighted by molar-refractivity contribution is -0.384. The van der Waals surface area contributed by atoms with E-state index >= 15 is 0 Å². The molecular formula is C21H19N5O5S. The van der Waals surface area contributed by atoms with Gasteiger partial charge in [0.15, 0.2) is 0 Å². The first kappa shape index (κ1) is 20.4. The van der Waals surface area contributed by atoms with Crippen LogP contribution >= 0.6 is 11.8 Å². The monoisotopic (exact) mass is 453 g/mol. The molecule has 1 aromatic heterocycles. The van der Waals surface area contributed by atoms with E-state index < -0.39 is 21.7 Å². The first-order valence-electron chi connectivity index (χ1n) is 10.0. The van der Waals surface area contributed by atoms with Gasteiger partial charge in [-0.1, -0.05) is 17.3 Å². The molecule has 10 nitrogen and oxygen atoms in total. The van der Waals surface area contributed by atoms with Crippen LogP contribution in [0.15, 0.2) is 48.5 Å². The quantitative estimate of drug-likeness (QED) is 0.242. The number of para-hydroxylation sites is 1. The predicted molar refractivity (Wildman–Crippen MR) is 115 cm³/mol. The number of fused-ring (bicyclic) bond motifs is 2. The first-order valence-corrected chi connectivity index (χ1v) is 10.9. The van der Waals surface area contributed by atoms with Gasteiger partial charge in [0.05, 0.1) is 33.5 Å². The van der Waals surface area contributed by atoms with Crippen molar-refractivity contribution in [3.8, 4) is 0 Å². The van der Waals surface area contributed by atoms with E-state index in [9.17, 15) is 19.7 Å². The third kappa shape index (κ3) is 3.38. The lowest BCUT2D eigenvalue weighted by Gasteiger charge is -2.37. The van der Waals surface area contributed by atoms with Gasteiger partial charge in [0.2, 0.25) is 5.91 Å². The lowest BCUT2D eigenvalue weighted by Crippen LogP contribution is -2.58. The Bertz CT molecular complexity index is 1230. The molecule has 2 aromatic carbocycles. The van der Waals surface area contributed by atoms with Crippen molar-refractivity contribution < 1.29 is 19.2 Å². The van der Waals surface area contributed by atoms with Crippen LogP contribution in [0.1, 0.15) is 18.9 Å². The van der Waals surface area contributed by atoms with Crippen LogP contribution in [0.25, 0.3) is 11.0 Å². The molecule has 11 heteroatoms. The van der Waals surface area contributed by atoms with Crippen molar-refractivity contribution in [3.63, 3.8) is 0 Å². The molecule has 1 amide bonds. The Labute approximate surface area is 186 Å². The van der Waals surface area contributed by atoms with Crippen LogP contribution in [0.2, 0.25) is 0 Å². The summed E-state index contributed by atoms with van der Waals surface area (Å²) in [6.07, 6.45) is 0.393. The van der Waals surface area contributed by atoms with Crippen LogP contribution in [-0.2, 0) is 27.5 Å². The second-order valence-corrected chi connectivity index (χ2v) is 9.77. The van der Waals surface area contributed by atoms with Gasteiger partial charge in [0.1, 0.15) is 18.2 Å². The van der Waals surface area contributed by atoms with Crippen molar-refractivity contribution >= 4 is 40.4 Å². The number of non-ortho nitro benzene ring substituents is 1. The molecule has 0 saturated carbocycles. The summed E-state index contributed by atoms with van der Waals surface area (Å²) in [7, 11) is 0. The predicted octanol–water partition coefficient (Wildman–Crippen LogP) is 2.52. The largest absolute Gasteiger partial charge is 0.459 e. The molecule has 2 saturated heterocycles. The summed E-state index contributed by atoms with van der Waals surface area (Å²) in [5, 5.41) is 19.2. The summed E-state index contributed by atoms with van der Waals surface area (Å²) in [4.78, 5) is 37.4. The van der Waals surface area contributed by atoms with Crippen molar-refractivity contribution in [1.82, 2.24) is 19.9 Å². The van der Waals surface area contributed by atoms with E-state index in [0.717, 1.165) is 11.0 Å². The highest BCUT2D eigenvalue weighted by Gasteiger charge is 2.61. The lowest BCUT2D eigenvalue weighted by atomic mass is 9.96. The van der Waals surface area contributed by atoms with Gasteiger partial charge in [-0.05, 0) is 36.8 Å². The van der Waals surface area contributed by atoms with Crippen LogP contribution in [0.5, 0.6) is 0 Å². The second kappa shape index (κ2) is 7.59. The molecule has 164 valence electrons. The van der Waals surface area contributed by atoms with E-state index in [-0.39, 0.29) is 23.6 Å². The fraction of sp³-hybridized carbons (Fsp3) is 0.333. The van der Waals surface area contributed by atoms with Crippen molar-refractivity contribution in [2.75, 3.05) is 0 Å². The molecule has 3 heterocycles. The number of amides is 1. The zero-order valence-corrected chi connectivity index (χ0v) is 17.9. The first-order chi connectivity index (χ1) is 15.4. The van der Waals surface area contributed by atoms with Crippen LogP contribution in [0.3, 0.4) is 0 Å². The molecular weight excluding hydrogens is 434 g/mol. The number of thioether (sulfide) groups is 1. The molecule has 0 aliphatic carbocycles. The molecule has 0 unspecified atom stereocenters. The third-order valence-electron chi connectivity index (χ3n) is 5.84. The summed E-state index contributed by atoms with van der Waals surface area (Å²) in [5.74, 6) is -0.578. The molecule has 0 radical (unpaired) electrons. The number of nitro benzene ring substituents is 1. The Hall–Kier alpha value is -3.47. The summed E-state index contributed by atoms with van der Waals surface area (Å²) >= 11 is 1.58. The molecule has 2 aliphatic heterocycles. The number of hydrogen-bond acceptors (Lipinski definition) is 8. The van der Waals surface area contributed by atoms with Gasteiger partial charge in [0.25, 0.3) is 5.69 Å². The zero-order chi connectivity index (χ0) is 22.5. The van der Waals surface area contributed by atoms with Gasteiger partial charge in [-0.15, -0.1) is 16.9 Å². The maximum atomic E-state index is 13.2. The molecule has 5 rings (SSSR count). The van der Waals surface area contributed by atoms with Gasteiger partial charge < -0.3 is 9.64 Å². The molecule has 3 aromatic rings. The summed E-state index contributed by atoms with van der Waals surface area (Å²) < 4.78 is 6.66. The average Bonchev–Trinajstić information content (AvgIpc) is 3.28. The van der Waals surface area contributed by atoms with Crippen molar-refractivity contribution in [2.24, 2.45) is 0 Å². The highest BCUT2D eigenvalue weighted by molar-refractivity contribution is 8.01.